The number of likely N-dealkylation sites (N-methyl/N-ethyl adjacent to an activating group) is 1. The Morgan fingerprint density at radius 2 is 2.06 bits per heavy atom. The Hall–Kier alpha value is -0.610. The summed E-state index contributed by atoms with van der Waals surface area (Å²) in [6.07, 6.45) is 3.70. The molecule has 1 rings (SSSR count). The number of likely N-dealkylation sites (tertiary alicyclic amines) is 1. The molecule has 1 atom stereocenters. The molecule has 1 aliphatic heterocycles. The molecule has 18 heavy (non-hydrogen) atoms. The van der Waals surface area contributed by atoms with Crippen LogP contribution >= 0.6 is 0 Å². The lowest BCUT2D eigenvalue weighted by Gasteiger charge is -2.36. The van der Waals surface area contributed by atoms with Gasteiger partial charge in [-0.25, -0.2) is 0 Å². The zero-order valence-corrected chi connectivity index (χ0v) is 12.4. The van der Waals surface area contributed by atoms with Gasteiger partial charge in [0.25, 0.3) is 0 Å². The third-order valence-electron chi connectivity index (χ3n) is 3.24. The summed E-state index contributed by atoms with van der Waals surface area (Å²) in [5, 5.41) is 6.44. The van der Waals surface area contributed by atoms with E-state index in [4.69, 9.17) is 0 Å². The zero-order chi connectivity index (χ0) is 13.6. The van der Waals surface area contributed by atoms with E-state index in [9.17, 15) is 4.79 Å². The Morgan fingerprint density at radius 1 is 1.33 bits per heavy atom. The number of carbonyl (C=O) groups excluding carboxylic acids is 1. The van der Waals surface area contributed by atoms with E-state index >= 15 is 0 Å². The first kappa shape index (κ1) is 15.4. The van der Waals surface area contributed by atoms with Crippen LogP contribution in [-0.4, -0.2) is 48.6 Å². The van der Waals surface area contributed by atoms with Crippen LogP contribution in [0.2, 0.25) is 0 Å². The third-order valence-corrected chi connectivity index (χ3v) is 3.24. The van der Waals surface area contributed by atoms with Crippen LogP contribution in [0.1, 0.15) is 47.0 Å². The van der Waals surface area contributed by atoms with Crippen molar-refractivity contribution in [1.82, 2.24) is 15.5 Å². The smallest absolute Gasteiger partial charge is 0.234 e. The summed E-state index contributed by atoms with van der Waals surface area (Å²) >= 11 is 0. The second-order valence-corrected chi connectivity index (χ2v) is 6.23. The molecule has 0 bridgehead atoms. The van der Waals surface area contributed by atoms with Gasteiger partial charge in [0.1, 0.15) is 0 Å². The van der Waals surface area contributed by atoms with Gasteiger partial charge in [0, 0.05) is 18.1 Å². The molecule has 4 heteroatoms. The molecule has 1 saturated heterocycles. The molecule has 0 aromatic heterocycles. The van der Waals surface area contributed by atoms with Crippen LogP contribution < -0.4 is 10.6 Å². The van der Waals surface area contributed by atoms with Gasteiger partial charge < -0.3 is 10.6 Å². The Morgan fingerprint density at radius 3 is 2.67 bits per heavy atom. The van der Waals surface area contributed by atoms with Gasteiger partial charge in [0.2, 0.25) is 5.91 Å². The maximum Gasteiger partial charge on any atom is 0.234 e. The molecule has 1 amide bonds. The molecular weight excluding hydrogens is 226 g/mol. The van der Waals surface area contributed by atoms with Crippen LogP contribution in [0.3, 0.4) is 0 Å². The summed E-state index contributed by atoms with van der Waals surface area (Å²) in [4.78, 5) is 14.3. The number of amides is 1. The first-order valence-electron chi connectivity index (χ1n) is 7.18. The van der Waals surface area contributed by atoms with Gasteiger partial charge in [0.05, 0.1) is 6.54 Å². The molecule has 1 heterocycles. The molecule has 0 aromatic carbocycles. The van der Waals surface area contributed by atoms with Gasteiger partial charge in [-0.1, -0.05) is 13.3 Å². The standard InChI is InChI=1S/C14H29N3O/c1-5-15-10-12-8-6-7-9-17(12)11-13(18)16-14(2,3)4/h12,15H,5-11H2,1-4H3,(H,16,18). The average Bonchev–Trinajstić information content (AvgIpc) is 2.25. The lowest BCUT2D eigenvalue weighted by atomic mass is 10.0. The van der Waals surface area contributed by atoms with Crippen LogP contribution in [0, 0.1) is 0 Å². The molecule has 0 aliphatic carbocycles. The van der Waals surface area contributed by atoms with Gasteiger partial charge in [-0.3, -0.25) is 9.69 Å². The third kappa shape index (κ3) is 5.83. The summed E-state index contributed by atoms with van der Waals surface area (Å²) in [7, 11) is 0. The van der Waals surface area contributed by atoms with Crippen LogP contribution in [0.25, 0.3) is 0 Å². The average molecular weight is 255 g/mol. The minimum absolute atomic E-state index is 0.135. The summed E-state index contributed by atoms with van der Waals surface area (Å²) < 4.78 is 0. The van der Waals surface area contributed by atoms with E-state index in [0.29, 0.717) is 12.6 Å². The number of piperidine rings is 1. The normalized spacial score (nSPS) is 21.9. The molecule has 1 unspecified atom stereocenters. The molecule has 4 nitrogen and oxygen atoms in total. The molecule has 0 saturated carbocycles. The van der Waals surface area contributed by atoms with Crippen molar-refractivity contribution in [2.24, 2.45) is 0 Å². The van der Waals surface area contributed by atoms with Gasteiger partial charge in [-0.05, 0) is 46.7 Å². The van der Waals surface area contributed by atoms with Crippen LogP contribution in [0.5, 0.6) is 0 Å². The van der Waals surface area contributed by atoms with Crippen LogP contribution in [-0.2, 0) is 4.79 Å². The van der Waals surface area contributed by atoms with E-state index in [1.165, 1.54) is 19.3 Å². The number of rotatable bonds is 5. The Balaban J connectivity index is 2.43. The zero-order valence-electron chi connectivity index (χ0n) is 12.4. The number of hydrogen-bond donors (Lipinski definition) is 2. The summed E-state index contributed by atoms with van der Waals surface area (Å²) in [6, 6.07) is 0.518. The van der Waals surface area contributed by atoms with Crippen molar-refractivity contribution in [3.05, 3.63) is 0 Å². The fraction of sp³-hybridized carbons (Fsp3) is 0.929. The van der Waals surface area contributed by atoms with Crippen molar-refractivity contribution < 1.29 is 4.79 Å². The van der Waals surface area contributed by atoms with E-state index in [1.54, 1.807) is 0 Å². The quantitative estimate of drug-likeness (QED) is 0.780. The maximum absolute atomic E-state index is 12.0. The van der Waals surface area contributed by atoms with Crippen LogP contribution in [0.15, 0.2) is 0 Å². The molecular formula is C14H29N3O. The summed E-state index contributed by atoms with van der Waals surface area (Å²) in [6.45, 7) is 11.8. The summed E-state index contributed by atoms with van der Waals surface area (Å²) in [5.74, 6) is 0.144. The van der Waals surface area contributed by atoms with Crippen molar-refractivity contribution in [3.8, 4) is 0 Å². The van der Waals surface area contributed by atoms with Crippen molar-refractivity contribution in [2.45, 2.75) is 58.5 Å². The highest BCUT2D eigenvalue weighted by Crippen LogP contribution is 2.16. The van der Waals surface area contributed by atoms with E-state index in [0.717, 1.165) is 19.6 Å². The predicted molar refractivity (Wildman–Crippen MR) is 75.7 cm³/mol. The Bertz CT molecular complexity index is 260. The minimum atomic E-state index is -0.135. The highest BCUT2D eigenvalue weighted by Gasteiger charge is 2.24. The molecule has 1 fully saturated rings. The first-order chi connectivity index (χ1) is 8.42. The van der Waals surface area contributed by atoms with Crippen LogP contribution in [0.4, 0.5) is 0 Å². The van der Waals surface area contributed by atoms with Gasteiger partial charge in [0.15, 0.2) is 0 Å². The molecule has 1 aliphatic rings. The number of nitrogens with one attached hydrogen (secondary N) is 2. The highest BCUT2D eigenvalue weighted by atomic mass is 16.2. The molecule has 0 radical (unpaired) electrons. The Labute approximate surface area is 111 Å². The second kappa shape index (κ2) is 7.10. The molecule has 2 N–H and O–H groups in total. The lowest BCUT2D eigenvalue weighted by Crippen LogP contribution is -2.52. The molecule has 0 spiro atoms. The van der Waals surface area contributed by atoms with Gasteiger partial charge in [-0.2, -0.15) is 0 Å². The van der Waals surface area contributed by atoms with Crippen molar-refractivity contribution in [1.29, 1.82) is 0 Å². The van der Waals surface area contributed by atoms with Gasteiger partial charge in [-0.15, -0.1) is 0 Å². The second-order valence-electron chi connectivity index (χ2n) is 6.23. The van der Waals surface area contributed by atoms with Crippen molar-refractivity contribution in [2.75, 3.05) is 26.2 Å². The fourth-order valence-electron chi connectivity index (χ4n) is 2.45. The van der Waals surface area contributed by atoms with E-state index in [1.807, 2.05) is 20.8 Å². The fourth-order valence-corrected chi connectivity index (χ4v) is 2.45. The lowest BCUT2D eigenvalue weighted by molar-refractivity contribution is -0.124. The SMILES string of the molecule is CCNCC1CCCCN1CC(=O)NC(C)(C)C. The van der Waals surface area contributed by atoms with Gasteiger partial charge >= 0.3 is 0 Å². The Kier molecular flexibility index (Phi) is 6.09. The molecule has 106 valence electrons. The number of hydrogen-bond acceptors (Lipinski definition) is 3. The minimum Gasteiger partial charge on any atom is -0.350 e. The topological polar surface area (TPSA) is 44.4 Å². The van der Waals surface area contributed by atoms with Crippen molar-refractivity contribution >= 4 is 5.91 Å². The number of nitrogens with zero attached hydrogens (tertiary/aromatic N) is 1. The monoisotopic (exact) mass is 255 g/mol. The largest absolute Gasteiger partial charge is 0.350 e. The summed E-state index contributed by atoms with van der Waals surface area (Å²) in [5.41, 5.74) is -0.135. The number of carbonyl (C=O) groups is 1. The predicted octanol–water partition coefficient (Wildman–Crippen LogP) is 1.37. The molecule has 0 aromatic rings. The first-order valence-corrected chi connectivity index (χ1v) is 7.18. The van der Waals surface area contributed by atoms with E-state index in [-0.39, 0.29) is 11.4 Å². The highest BCUT2D eigenvalue weighted by molar-refractivity contribution is 5.78. The van der Waals surface area contributed by atoms with E-state index in [2.05, 4.69) is 22.5 Å². The maximum atomic E-state index is 12.0. The van der Waals surface area contributed by atoms with Crippen molar-refractivity contribution in [3.63, 3.8) is 0 Å². The van der Waals surface area contributed by atoms with E-state index < -0.39 is 0 Å².